The molecule has 6 rings (SSSR count). The lowest BCUT2D eigenvalue weighted by Gasteiger charge is -2.16. The van der Waals surface area contributed by atoms with Crippen LogP contribution in [-0.2, 0) is 0 Å². The Balaban J connectivity index is 0.959. The summed E-state index contributed by atoms with van der Waals surface area (Å²) in [5.41, 5.74) is 2.68. The van der Waals surface area contributed by atoms with E-state index in [-0.39, 0.29) is 33.8 Å². The topological polar surface area (TPSA) is 142 Å². The van der Waals surface area contributed by atoms with Crippen molar-refractivity contribution in [3.63, 3.8) is 0 Å². The fraction of sp³-hybridized carbons (Fsp3) is 0.310. The first-order chi connectivity index (χ1) is 34.0. The molecule has 366 valence electrons. The second-order valence-electron chi connectivity index (χ2n) is 16.8. The fourth-order valence-electron chi connectivity index (χ4n) is 7.49. The summed E-state index contributed by atoms with van der Waals surface area (Å²) >= 11 is 0. The van der Waals surface area contributed by atoms with Gasteiger partial charge in [-0.3, -0.25) is 0 Å². The lowest BCUT2D eigenvalue weighted by molar-refractivity contribution is 0.0717. The third-order valence-corrected chi connectivity index (χ3v) is 11.9. The summed E-state index contributed by atoms with van der Waals surface area (Å²) in [5.74, 6) is 1.57. The molecule has 12 nitrogen and oxygen atoms in total. The molecule has 0 aliphatic rings. The van der Waals surface area contributed by atoms with Gasteiger partial charge in [0.1, 0.15) is 57.1 Å². The van der Waals surface area contributed by atoms with Gasteiger partial charge in [-0.2, -0.15) is 0 Å². The number of carbonyl (C=O) groups is 4. The Morgan fingerprint density at radius 2 is 0.714 bits per heavy atom. The molecule has 12 heteroatoms. The van der Waals surface area contributed by atoms with Crippen LogP contribution < -0.4 is 37.9 Å². The number of ether oxygens (including phenoxy) is 8. The van der Waals surface area contributed by atoms with Crippen molar-refractivity contribution >= 4 is 23.9 Å². The van der Waals surface area contributed by atoms with Crippen LogP contribution in [0.2, 0.25) is 0 Å². The molecule has 0 aliphatic carbocycles. The van der Waals surface area contributed by atoms with Gasteiger partial charge in [-0.25, -0.2) is 19.2 Å². The molecule has 2 atom stereocenters. The zero-order valence-corrected chi connectivity index (χ0v) is 40.8. The molecular weight excluding hydrogens is 889 g/mol. The molecule has 0 fully saturated rings. The minimum absolute atomic E-state index is 0.241. The van der Waals surface area contributed by atoms with Gasteiger partial charge in [0.05, 0.1) is 38.6 Å². The van der Waals surface area contributed by atoms with Crippen LogP contribution >= 0.6 is 0 Å². The van der Waals surface area contributed by atoms with Gasteiger partial charge in [0.25, 0.3) is 0 Å². The Kier molecular flexibility index (Phi) is 19.4. The van der Waals surface area contributed by atoms with Crippen LogP contribution in [0, 0.1) is 11.8 Å². The highest BCUT2D eigenvalue weighted by molar-refractivity contribution is 5.96. The molecule has 0 aliphatic heterocycles. The molecule has 0 bridgehead atoms. The van der Waals surface area contributed by atoms with Crippen LogP contribution in [0.5, 0.6) is 46.0 Å². The molecule has 0 heterocycles. The number of rotatable bonds is 25. The Hall–Kier alpha value is -7.60. The molecule has 2 unspecified atom stereocenters. The van der Waals surface area contributed by atoms with Gasteiger partial charge < -0.3 is 37.9 Å². The molecule has 0 saturated carbocycles. The van der Waals surface area contributed by atoms with E-state index in [0.29, 0.717) is 59.5 Å². The number of methoxy groups -OCH3 is 2. The zero-order valence-electron chi connectivity index (χ0n) is 40.8. The predicted octanol–water partition coefficient (Wildman–Crippen LogP) is 13.4. The third-order valence-electron chi connectivity index (χ3n) is 11.9. The second kappa shape index (κ2) is 26.2. The maximum Gasteiger partial charge on any atom is 0.347 e. The molecule has 6 aromatic rings. The monoisotopic (exact) mass is 950 g/mol. The first-order valence-corrected chi connectivity index (χ1v) is 23.9. The van der Waals surface area contributed by atoms with E-state index < -0.39 is 23.9 Å². The summed E-state index contributed by atoms with van der Waals surface area (Å²) in [4.78, 5) is 52.2. The highest BCUT2D eigenvalue weighted by Crippen LogP contribution is 2.31. The molecule has 0 aromatic heterocycles. The van der Waals surface area contributed by atoms with Crippen molar-refractivity contribution < 1.29 is 57.1 Å². The Bertz CT molecular complexity index is 2450. The standard InChI is InChI=1S/C58H62O12/c1-7-11-13-39(9-3)37-65-49-31-33-51(53(35-49)63-5)57(61)69-47-27-19-43(20-28-47)55(59)67-45-23-15-41(16-24-45)42-17-25-46(26-18-42)68-56(60)44-21-29-48(30-22-44)70-58(62)52-34-32-50(36-54(52)64-6)66-38-40(10-4)14-12-8-2/h15-36,39-40H,7-14,37-38H2,1-6H3. The Labute approximate surface area is 410 Å². The Morgan fingerprint density at radius 3 is 1.03 bits per heavy atom. The molecule has 6 aromatic carbocycles. The average Bonchev–Trinajstić information content (AvgIpc) is 3.39. The normalized spacial score (nSPS) is 11.7. The van der Waals surface area contributed by atoms with Crippen LogP contribution in [0.25, 0.3) is 11.1 Å². The number of esters is 4. The maximum atomic E-state index is 13.1. The molecule has 0 amide bonds. The summed E-state index contributed by atoms with van der Waals surface area (Å²) in [6.45, 7) is 9.85. The third kappa shape index (κ3) is 14.7. The lowest BCUT2D eigenvalue weighted by atomic mass is 10.0. The molecule has 0 N–H and O–H groups in total. The molecule has 0 saturated heterocycles. The quantitative estimate of drug-likeness (QED) is 0.0398. The lowest BCUT2D eigenvalue weighted by Crippen LogP contribution is -2.13. The van der Waals surface area contributed by atoms with Gasteiger partial charge in [0.2, 0.25) is 0 Å². The molecule has 0 radical (unpaired) electrons. The largest absolute Gasteiger partial charge is 0.496 e. The molecule has 70 heavy (non-hydrogen) atoms. The van der Waals surface area contributed by atoms with Gasteiger partial charge in [0.15, 0.2) is 0 Å². The highest BCUT2D eigenvalue weighted by Gasteiger charge is 2.20. The maximum absolute atomic E-state index is 13.1. The van der Waals surface area contributed by atoms with E-state index in [4.69, 9.17) is 37.9 Å². The summed E-state index contributed by atoms with van der Waals surface area (Å²) in [6, 6.07) is 36.1. The van der Waals surface area contributed by atoms with E-state index in [9.17, 15) is 19.2 Å². The number of hydrogen-bond acceptors (Lipinski definition) is 12. The van der Waals surface area contributed by atoms with Crippen molar-refractivity contribution in [2.75, 3.05) is 27.4 Å². The minimum atomic E-state index is -0.614. The van der Waals surface area contributed by atoms with Gasteiger partial charge in [-0.1, -0.05) is 90.5 Å². The average molecular weight is 951 g/mol. The Morgan fingerprint density at radius 1 is 0.400 bits per heavy atom. The van der Waals surface area contributed by atoms with Crippen molar-refractivity contribution in [1.29, 1.82) is 0 Å². The summed E-state index contributed by atoms with van der Waals surface area (Å²) in [6.07, 6.45) is 8.87. The fourth-order valence-corrected chi connectivity index (χ4v) is 7.49. The van der Waals surface area contributed by atoms with Crippen molar-refractivity contribution in [2.45, 2.75) is 79.1 Å². The SMILES string of the molecule is CCCCC(CC)COc1ccc(C(=O)Oc2ccc(C(=O)Oc3ccc(-c4ccc(OC(=O)c5ccc(OC(=O)c6ccc(OCC(CC)CCCC)cc6OC)cc5)cc4)cc3)cc2)c(OC)c1. The molecule has 0 spiro atoms. The van der Waals surface area contributed by atoms with Crippen LogP contribution in [0.15, 0.2) is 133 Å². The first-order valence-electron chi connectivity index (χ1n) is 23.9. The van der Waals surface area contributed by atoms with E-state index in [1.807, 2.05) is 0 Å². The van der Waals surface area contributed by atoms with Crippen LogP contribution in [0.3, 0.4) is 0 Å². The smallest absolute Gasteiger partial charge is 0.347 e. The van der Waals surface area contributed by atoms with Gasteiger partial charge >= 0.3 is 23.9 Å². The summed E-state index contributed by atoms with van der Waals surface area (Å²) < 4.78 is 45.4. The second-order valence-corrected chi connectivity index (χ2v) is 16.8. The van der Waals surface area contributed by atoms with E-state index in [1.54, 1.807) is 84.9 Å². The summed E-state index contributed by atoms with van der Waals surface area (Å²) in [7, 11) is 2.97. The number of unbranched alkanes of at least 4 members (excludes halogenated alkanes) is 2. The van der Waals surface area contributed by atoms with E-state index in [1.165, 1.54) is 62.8 Å². The number of benzene rings is 6. The van der Waals surface area contributed by atoms with Crippen LogP contribution in [0.4, 0.5) is 0 Å². The van der Waals surface area contributed by atoms with Gasteiger partial charge in [-0.15, -0.1) is 0 Å². The number of hydrogen-bond donors (Lipinski definition) is 0. The van der Waals surface area contributed by atoms with Crippen LogP contribution in [-0.4, -0.2) is 51.3 Å². The highest BCUT2D eigenvalue weighted by atomic mass is 16.6. The van der Waals surface area contributed by atoms with Gasteiger partial charge in [-0.05, 0) is 133 Å². The zero-order chi connectivity index (χ0) is 49.8. The minimum Gasteiger partial charge on any atom is -0.496 e. The van der Waals surface area contributed by atoms with Crippen molar-refractivity contribution in [3.8, 4) is 57.1 Å². The molecular formula is C58H62O12. The van der Waals surface area contributed by atoms with Crippen LogP contribution in [0.1, 0.15) is 120 Å². The van der Waals surface area contributed by atoms with Gasteiger partial charge in [0, 0.05) is 12.1 Å². The van der Waals surface area contributed by atoms with Crippen molar-refractivity contribution in [2.24, 2.45) is 11.8 Å². The van der Waals surface area contributed by atoms with Crippen molar-refractivity contribution in [3.05, 3.63) is 156 Å². The summed E-state index contributed by atoms with van der Waals surface area (Å²) in [5, 5.41) is 0. The first kappa shape index (κ1) is 51.8. The predicted molar refractivity (Wildman–Crippen MR) is 268 cm³/mol. The van der Waals surface area contributed by atoms with Crippen molar-refractivity contribution in [1.82, 2.24) is 0 Å². The number of carbonyl (C=O) groups excluding carboxylic acids is 4. The van der Waals surface area contributed by atoms with E-state index >= 15 is 0 Å². The van der Waals surface area contributed by atoms with E-state index in [0.717, 1.165) is 62.5 Å². The van der Waals surface area contributed by atoms with E-state index in [2.05, 4.69) is 27.7 Å².